The summed E-state index contributed by atoms with van der Waals surface area (Å²) in [7, 11) is 0. The summed E-state index contributed by atoms with van der Waals surface area (Å²) in [5.41, 5.74) is 2.12. The third-order valence-corrected chi connectivity index (χ3v) is 3.92. The summed E-state index contributed by atoms with van der Waals surface area (Å²) >= 11 is 0. The van der Waals surface area contributed by atoms with Crippen LogP contribution in [0, 0.1) is 0 Å². The summed E-state index contributed by atoms with van der Waals surface area (Å²) < 4.78 is 0. The van der Waals surface area contributed by atoms with Gasteiger partial charge in [0.15, 0.2) is 0 Å². The molecule has 130 valence electrons. The first kappa shape index (κ1) is 18.1. The Balaban J connectivity index is 1.91. The highest BCUT2D eigenvalue weighted by Gasteiger charge is 2.12. The number of hydrogen-bond acceptors (Lipinski definition) is 4. The summed E-state index contributed by atoms with van der Waals surface area (Å²) in [5.74, 6) is -0.160. The first-order valence-corrected chi connectivity index (χ1v) is 8.92. The second-order valence-corrected chi connectivity index (χ2v) is 5.99. The van der Waals surface area contributed by atoms with E-state index in [1.165, 1.54) is 29.6 Å². The predicted octanol–water partition coefficient (Wildman–Crippen LogP) is 3.32. The molecule has 0 unspecified atom stereocenters. The van der Waals surface area contributed by atoms with Crippen LogP contribution in [0.3, 0.4) is 0 Å². The molecule has 0 bridgehead atoms. The molecule has 0 atom stereocenters. The molecule has 6 heteroatoms. The van der Waals surface area contributed by atoms with Crippen LogP contribution in [0.25, 0.3) is 5.69 Å². The van der Waals surface area contributed by atoms with E-state index in [1.807, 2.05) is 12.1 Å². The zero-order valence-electron chi connectivity index (χ0n) is 14.7. The number of carbonyl (C=O) groups excluding carboxylic acids is 1. The number of hydrogen-bond donors (Lipinski definition) is 1. The zero-order valence-corrected chi connectivity index (χ0v) is 14.7. The molecule has 1 aromatic heterocycles. The number of nitrogens with one attached hydrogen (secondary N) is 1. The van der Waals surface area contributed by atoms with Gasteiger partial charge < -0.3 is 5.32 Å². The van der Waals surface area contributed by atoms with Gasteiger partial charge in [-0.05, 0) is 42.2 Å². The average molecular weight is 329 g/mol. The Morgan fingerprint density at radius 3 is 2.46 bits per heavy atom. The van der Waals surface area contributed by atoms with Crippen LogP contribution < -0.4 is 5.32 Å². The molecule has 6 nitrogen and oxygen atoms in total. The lowest BCUT2D eigenvalue weighted by Gasteiger charge is -2.03. The Kier molecular flexibility index (Phi) is 7.39. The summed E-state index contributed by atoms with van der Waals surface area (Å²) in [5, 5.41) is 14.8. The van der Waals surface area contributed by atoms with Crippen molar-refractivity contribution in [1.82, 2.24) is 25.5 Å². The molecule has 0 radical (unpaired) electrons. The summed E-state index contributed by atoms with van der Waals surface area (Å²) in [6, 6.07) is 8.09. The minimum Gasteiger partial charge on any atom is -0.349 e. The van der Waals surface area contributed by atoms with Crippen molar-refractivity contribution < 1.29 is 4.79 Å². The Labute approximate surface area is 143 Å². The second kappa shape index (κ2) is 9.80. The lowest BCUT2D eigenvalue weighted by atomic mass is 10.1. The normalized spacial score (nSPS) is 10.8. The van der Waals surface area contributed by atoms with Crippen LogP contribution in [-0.4, -0.2) is 32.7 Å². The van der Waals surface area contributed by atoms with Crippen molar-refractivity contribution in [2.24, 2.45) is 0 Å². The fraction of sp³-hybridized carbons (Fsp3) is 0.556. The largest absolute Gasteiger partial charge is 0.349 e. The van der Waals surface area contributed by atoms with Crippen molar-refractivity contribution in [3.63, 3.8) is 0 Å². The quantitative estimate of drug-likeness (QED) is 0.679. The van der Waals surface area contributed by atoms with E-state index in [0.29, 0.717) is 6.54 Å². The van der Waals surface area contributed by atoms with Gasteiger partial charge in [-0.3, -0.25) is 4.79 Å². The van der Waals surface area contributed by atoms with Gasteiger partial charge in [-0.15, -0.1) is 15.0 Å². The second-order valence-electron chi connectivity index (χ2n) is 5.99. The summed E-state index contributed by atoms with van der Waals surface area (Å²) in [6.07, 6.45) is 7.97. The number of aromatic nitrogens is 4. The molecule has 1 amide bonds. The lowest BCUT2D eigenvalue weighted by molar-refractivity contribution is 0.0942. The van der Waals surface area contributed by atoms with Gasteiger partial charge in [0.2, 0.25) is 0 Å². The number of nitrogens with zero attached hydrogens (tertiary/aromatic N) is 4. The molecule has 0 aliphatic carbocycles. The molecule has 0 saturated carbocycles. The first-order chi connectivity index (χ1) is 11.7. The third kappa shape index (κ3) is 5.44. The van der Waals surface area contributed by atoms with Crippen molar-refractivity contribution in [1.29, 1.82) is 0 Å². The summed E-state index contributed by atoms with van der Waals surface area (Å²) in [4.78, 5) is 13.4. The zero-order chi connectivity index (χ0) is 17.2. The minimum absolute atomic E-state index is 0.110. The van der Waals surface area contributed by atoms with Crippen molar-refractivity contribution >= 4 is 5.91 Å². The van der Waals surface area contributed by atoms with Crippen LogP contribution in [0.2, 0.25) is 0 Å². The van der Waals surface area contributed by atoms with Crippen LogP contribution in [0.15, 0.2) is 24.3 Å². The highest BCUT2D eigenvalue weighted by Crippen LogP contribution is 2.11. The molecule has 0 aliphatic heterocycles. The van der Waals surface area contributed by atoms with Crippen LogP contribution in [0.5, 0.6) is 0 Å². The van der Waals surface area contributed by atoms with Gasteiger partial charge >= 0.3 is 0 Å². The molecule has 0 fully saturated rings. The lowest BCUT2D eigenvalue weighted by Crippen LogP contribution is -2.25. The third-order valence-electron chi connectivity index (χ3n) is 3.92. The van der Waals surface area contributed by atoms with E-state index in [0.717, 1.165) is 31.4 Å². The maximum atomic E-state index is 12.0. The number of tetrazole rings is 1. The van der Waals surface area contributed by atoms with Crippen molar-refractivity contribution in [2.45, 2.75) is 58.8 Å². The molecule has 0 aliphatic rings. The van der Waals surface area contributed by atoms with Gasteiger partial charge in [0.25, 0.3) is 11.7 Å². The standard InChI is InChI=1S/C18H27N5O/c1-3-5-7-9-15-10-12-16(13-11-15)23-21-17(20-22-23)18(24)19-14-8-6-4-2/h10-13H,3-9,14H2,1-2H3,(H,19,24). The van der Waals surface area contributed by atoms with Gasteiger partial charge in [0.05, 0.1) is 5.69 Å². The van der Waals surface area contributed by atoms with Gasteiger partial charge in [0.1, 0.15) is 0 Å². The highest BCUT2D eigenvalue weighted by atomic mass is 16.2. The Hall–Kier alpha value is -2.24. The Bertz CT molecular complexity index is 621. The topological polar surface area (TPSA) is 72.7 Å². The fourth-order valence-electron chi connectivity index (χ4n) is 2.45. The highest BCUT2D eigenvalue weighted by molar-refractivity contribution is 5.90. The maximum absolute atomic E-state index is 12.0. The van der Waals surface area contributed by atoms with E-state index in [-0.39, 0.29) is 11.7 Å². The molecule has 1 N–H and O–H groups in total. The number of benzene rings is 1. The molecular formula is C18H27N5O. The monoisotopic (exact) mass is 329 g/mol. The van der Waals surface area contributed by atoms with Crippen LogP contribution in [-0.2, 0) is 6.42 Å². The maximum Gasteiger partial charge on any atom is 0.292 e. The molecule has 1 heterocycles. The van der Waals surface area contributed by atoms with E-state index in [4.69, 9.17) is 0 Å². The van der Waals surface area contributed by atoms with E-state index < -0.39 is 0 Å². The molecule has 0 spiro atoms. The molecule has 1 aromatic carbocycles. The van der Waals surface area contributed by atoms with E-state index >= 15 is 0 Å². The fourth-order valence-corrected chi connectivity index (χ4v) is 2.45. The number of rotatable bonds is 10. The smallest absolute Gasteiger partial charge is 0.292 e. The number of aryl methyl sites for hydroxylation is 1. The molecule has 2 aromatic rings. The number of carbonyl (C=O) groups is 1. The van der Waals surface area contributed by atoms with Gasteiger partial charge in [-0.2, -0.15) is 0 Å². The van der Waals surface area contributed by atoms with Crippen LogP contribution in [0.4, 0.5) is 0 Å². The molecular weight excluding hydrogens is 302 g/mol. The van der Waals surface area contributed by atoms with E-state index in [2.05, 4.69) is 46.7 Å². The van der Waals surface area contributed by atoms with Crippen molar-refractivity contribution in [2.75, 3.05) is 6.54 Å². The number of amides is 1. The Morgan fingerprint density at radius 2 is 1.75 bits per heavy atom. The van der Waals surface area contributed by atoms with Crippen molar-refractivity contribution in [3.05, 3.63) is 35.7 Å². The van der Waals surface area contributed by atoms with Crippen molar-refractivity contribution in [3.8, 4) is 5.69 Å². The Morgan fingerprint density at radius 1 is 1.04 bits per heavy atom. The minimum atomic E-state index is -0.270. The molecule has 2 rings (SSSR count). The van der Waals surface area contributed by atoms with Gasteiger partial charge in [-0.25, -0.2) is 0 Å². The first-order valence-electron chi connectivity index (χ1n) is 8.92. The van der Waals surface area contributed by atoms with E-state index in [9.17, 15) is 4.79 Å². The predicted molar refractivity (Wildman–Crippen MR) is 94.2 cm³/mol. The van der Waals surface area contributed by atoms with Gasteiger partial charge in [-0.1, -0.05) is 51.7 Å². The van der Waals surface area contributed by atoms with Crippen LogP contribution in [0.1, 0.15) is 68.6 Å². The summed E-state index contributed by atoms with van der Waals surface area (Å²) in [6.45, 7) is 4.98. The number of unbranched alkanes of at least 4 members (excludes halogenated alkanes) is 4. The van der Waals surface area contributed by atoms with Gasteiger partial charge in [0, 0.05) is 6.54 Å². The van der Waals surface area contributed by atoms with Crippen LogP contribution >= 0.6 is 0 Å². The SMILES string of the molecule is CCCCCNC(=O)c1nnn(-c2ccc(CCCCC)cc2)n1. The average Bonchev–Trinajstić information content (AvgIpc) is 3.10. The molecule has 24 heavy (non-hydrogen) atoms. The van der Waals surface area contributed by atoms with E-state index in [1.54, 1.807) is 0 Å². The molecule has 0 saturated heterocycles.